The summed E-state index contributed by atoms with van der Waals surface area (Å²) < 4.78 is 5.92. The molecule has 0 saturated heterocycles. The SMILES string of the molecule is CC(C)(C)N1C=CN(c2cccc(OCc3ccccc3)c2)C1. The second-order valence-electron chi connectivity index (χ2n) is 6.82. The van der Waals surface area contributed by atoms with Gasteiger partial charge in [-0.2, -0.15) is 0 Å². The van der Waals surface area contributed by atoms with E-state index in [0.29, 0.717) is 6.61 Å². The van der Waals surface area contributed by atoms with Gasteiger partial charge in [-0.3, -0.25) is 0 Å². The lowest BCUT2D eigenvalue weighted by Gasteiger charge is -2.33. The van der Waals surface area contributed by atoms with E-state index in [0.717, 1.165) is 18.1 Å². The minimum atomic E-state index is 0.132. The zero-order chi connectivity index (χ0) is 16.3. The van der Waals surface area contributed by atoms with Crippen LogP contribution in [0.1, 0.15) is 26.3 Å². The Hall–Kier alpha value is -2.42. The Labute approximate surface area is 138 Å². The Morgan fingerprint density at radius 3 is 2.43 bits per heavy atom. The van der Waals surface area contributed by atoms with Crippen LogP contribution in [0.25, 0.3) is 0 Å². The molecule has 23 heavy (non-hydrogen) atoms. The molecule has 3 rings (SSSR count). The number of benzene rings is 2. The molecule has 1 heterocycles. The molecule has 3 heteroatoms. The average molecular weight is 308 g/mol. The van der Waals surface area contributed by atoms with Crippen molar-refractivity contribution in [3.8, 4) is 5.75 Å². The van der Waals surface area contributed by atoms with Gasteiger partial charge in [0.1, 0.15) is 12.4 Å². The largest absolute Gasteiger partial charge is 0.489 e. The summed E-state index contributed by atoms with van der Waals surface area (Å²) in [5.41, 5.74) is 2.46. The van der Waals surface area contributed by atoms with E-state index < -0.39 is 0 Å². The van der Waals surface area contributed by atoms with Crippen LogP contribution in [-0.4, -0.2) is 17.1 Å². The normalized spacial score (nSPS) is 14.4. The first-order valence-electron chi connectivity index (χ1n) is 8.01. The van der Waals surface area contributed by atoms with Crippen LogP contribution >= 0.6 is 0 Å². The summed E-state index contributed by atoms with van der Waals surface area (Å²) >= 11 is 0. The number of hydrogen-bond donors (Lipinski definition) is 0. The van der Waals surface area contributed by atoms with Crippen LogP contribution in [0.5, 0.6) is 5.75 Å². The Morgan fingerprint density at radius 2 is 1.74 bits per heavy atom. The van der Waals surface area contributed by atoms with E-state index in [4.69, 9.17) is 4.74 Å². The topological polar surface area (TPSA) is 15.7 Å². The van der Waals surface area contributed by atoms with Gasteiger partial charge < -0.3 is 14.5 Å². The second-order valence-corrected chi connectivity index (χ2v) is 6.82. The molecule has 2 aromatic carbocycles. The van der Waals surface area contributed by atoms with Crippen LogP contribution in [0.3, 0.4) is 0 Å². The first kappa shape index (κ1) is 15.5. The van der Waals surface area contributed by atoms with Gasteiger partial charge in [-0.15, -0.1) is 0 Å². The van der Waals surface area contributed by atoms with Crippen LogP contribution < -0.4 is 9.64 Å². The van der Waals surface area contributed by atoms with E-state index in [1.165, 1.54) is 5.56 Å². The summed E-state index contributed by atoms with van der Waals surface area (Å²) in [4.78, 5) is 4.56. The van der Waals surface area contributed by atoms with E-state index in [-0.39, 0.29) is 5.54 Å². The van der Waals surface area contributed by atoms with Gasteiger partial charge in [0.05, 0.1) is 6.67 Å². The zero-order valence-corrected chi connectivity index (χ0v) is 14.1. The molecule has 0 bridgehead atoms. The molecular weight excluding hydrogens is 284 g/mol. The van der Waals surface area contributed by atoms with E-state index in [9.17, 15) is 0 Å². The van der Waals surface area contributed by atoms with Crippen molar-refractivity contribution >= 4 is 5.69 Å². The maximum atomic E-state index is 5.92. The lowest BCUT2D eigenvalue weighted by atomic mass is 10.1. The van der Waals surface area contributed by atoms with Crippen LogP contribution in [0.15, 0.2) is 67.0 Å². The van der Waals surface area contributed by atoms with Crippen molar-refractivity contribution in [3.63, 3.8) is 0 Å². The maximum absolute atomic E-state index is 5.92. The summed E-state index contributed by atoms with van der Waals surface area (Å²) in [6, 6.07) is 18.5. The Balaban J connectivity index is 1.65. The lowest BCUT2D eigenvalue weighted by Crippen LogP contribution is -2.39. The molecular formula is C20H24N2O. The lowest BCUT2D eigenvalue weighted by molar-refractivity contribution is 0.223. The zero-order valence-electron chi connectivity index (χ0n) is 14.1. The summed E-state index contributed by atoms with van der Waals surface area (Å²) in [7, 11) is 0. The van der Waals surface area contributed by atoms with Gasteiger partial charge in [0.25, 0.3) is 0 Å². The highest BCUT2D eigenvalue weighted by Gasteiger charge is 2.24. The predicted molar refractivity (Wildman–Crippen MR) is 95.3 cm³/mol. The van der Waals surface area contributed by atoms with Crippen molar-refractivity contribution in [3.05, 3.63) is 72.6 Å². The van der Waals surface area contributed by atoms with Crippen molar-refractivity contribution in [2.75, 3.05) is 11.6 Å². The highest BCUT2D eigenvalue weighted by molar-refractivity contribution is 5.54. The van der Waals surface area contributed by atoms with Crippen LogP contribution in [0.2, 0.25) is 0 Å². The van der Waals surface area contributed by atoms with Gasteiger partial charge in [0.15, 0.2) is 0 Å². The van der Waals surface area contributed by atoms with E-state index >= 15 is 0 Å². The fraction of sp³-hybridized carbons (Fsp3) is 0.300. The smallest absolute Gasteiger partial charge is 0.121 e. The van der Waals surface area contributed by atoms with Gasteiger partial charge in [0.2, 0.25) is 0 Å². The standard InChI is InChI=1S/C20H24N2O/c1-20(2,3)22-13-12-21(16-22)18-10-7-11-19(14-18)23-15-17-8-5-4-6-9-17/h4-14H,15-16H2,1-3H3. The van der Waals surface area contributed by atoms with E-state index in [1.807, 2.05) is 30.3 Å². The van der Waals surface area contributed by atoms with Gasteiger partial charge in [0, 0.05) is 29.7 Å². The fourth-order valence-electron chi connectivity index (χ4n) is 2.52. The molecule has 0 aliphatic carbocycles. The molecule has 1 aliphatic heterocycles. The first-order valence-corrected chi connectivity index (χ1v) is 8.01. The van der Waals surface area contributed by atoms with Crippen molar-refractivity contribution in [1.82, 2.24) is 4.90 Å². The van der Waals surface area contributed by atoms with E-state index in [1.54, 1.807) is 0 Å². The van der Waals surface area contributed by atoms with Gasteiger partial charge in [-0.1, -0.05) is 36.4 Å². The summed E-state index contributed by atoms with van der Waals surface area (Å²) in [5.74, 6) is 0.897. The van der Waals surface area contributed by atoms with Gasteiger partial charge in [-0.25, -0.2) is 0 Å². The number of anilines is 1. The van der Waals surface area contributed by atoms with Crippen molar-refractivity contribution in [1.29, 1.82) is 0 Å². The predicted octanol–water partition coefficient (Wildman–Crippen LogP) is 4.61. The van der Waals surface area contributed by atoms with Crippen molar-refractivity contribution in [2.45, 2.75) is 32.9 Å². The molecule has 0 radical (unpaired) electrons. The minimum Gasteiger partial charge on any atom is -0.489 e. The third-order valence-corrected chi connectivity index (χ3v) is 3.99. The molecule has 0 fully saturated rings. The van der Waals surface area contributed by atoms with Crippen LogP contribution in [0, 0.1) is 0 Å². The Morgan fingerprint density at radius 1 is 0.957 bits per heavy atom. The molecule has 0 N–H and O–H groups in total. The van der Waals surface area contributed by atoms with Gasteiger partial charge in [-0.05, 0) is 38.5 Å². The molecule has 0 spiro atoms. The van der Waals surface area contributed by atoms with Gasteiger partial charge >= 0.3 is 0 Å². The fourth-order valence-corrected chi connectivity index (χ4v) is 2.52. The van der Waals surface area contributed by atoms with Crippen molar-refractivity contribution in [2.24, 2.45) is 0 Å². The molecule has 2 aromatic rings. The quantitative estimate of drug-likeness (QED) is 0.820. The first-order chi connectivity index (χ1) is 11.0. The monoisotopic (exact) mass is 308 g/mol. The molecule has 0 saturated carbocycles. The third kappa shape index (κ3) is 3.86. The highest BCUT2D eigenvalue weighted by Crippen LogP contribution is 2.27. The Kier molecular flexibility index (Phi) is 4.28. The number of nitrogens with zero attached hydrogens (tertiary/aromatic N) is 2. The number of ether oxygens (including phenoxy) is 1. The molecule has 0 amide bonds. The molecule has 0 unspecified atom stereocenters. The summed E-state index contributed by atoms with van der Waals surface area (Å²) in [6.45, 7) is 8.13. The molecule has 0 aromatic heterocycles. The Bertz CT molecular complexity index is 674. The second kappa shape index (κ2) is 6.37. The molecule has 3 nitrogen and oxygen atoms in total. The summed E-state index contributed by atoms with van der Waals surface area (Å²) in [5, 5.41) is 0. The van der Waals surface area contributed by atoms with Crippen LogP contribution in [-0.2, 0) is 6.61 Å². The highest BCUT2D eigenvalue weighted by atomic mass is 16.5. The molecule has 1 aliphatic rings. The molecule has 120 valence electrons. The van der Waals surface area contributed by atoms with Crippen molar-refractivity contribution < 1.29 is 4.74 Å². The third-order valence-electron chi connectivity index (χ3n) is 3.99. The number of rotatable bonds is 4. The minimum absolute atomic E-state index is 0.132. The maximum Gasteiger partial charge on any atom is 0.121 e. The average Bonchev–Trinajstić information content (AvgIpc) is 3.05. The summed E-state index contributed by atoms with van der Waals surface area (Å²) in [6.07, 6.45) is 4.28. The van der Waals surface area contributed by atoms with Crippen LogP contribution in [0.4, 0.5) is 5.69 Å². The van der Waals surface area contributed by atoms with E-state index in [2.05, 4.69) is 67.2 Å². The molecule has 0 atom stereocenters. The number of hydrogen-bond acceptors (Lipinski definition) is 3.